The summed E-state index contributed by atoms with van der Waals surface area (Å²) in [6, 6.07) is 0. The molecule has 1 heterocycles. The SMILES string of the molecule is CCOC(C1=CNC(O)NC1=O)C(C)(CO)CO. The van der Waals surface area contributed by atoms with Gasteiger partial charge in [0, 0.05) is 18.2 Å². The van der Waals surface area contributed by atoms with Gasteiger partial charge in [-0.05, 0) is 6.92 Å². The van der Waals surface area contributed by atoms with Crippen LogP contribution in [0.1, 0.15) is 13.8 Å². The van der Waals surface area contributed by atoms with Gasteiger partial charge in [-0.1, -0.05) is 6.92 Å². The second kappa shape index (κ2) is 6.14. The van der Waals surface area contributed by atoms with E-state index in [2.05, 4.69) is 10.6 Å². The van der Waals surface area contributed by atoms with E-state index >= 15 is 0 Å². The lowest BCUT2D eigenvalue weighted by Gasteiger charge is -2.36. The molecule has 0 aromatic carbocycles. The molecule has 1 aliphatic rings. The molecule has 7 heteroatoms. The van der Waals surface area contributed by atoms with E-state index in [1.807, 2.05) is 0 Å². The molecule has 0 fully saturated rings. The third kappa shape index (κ3) is 2.99. The van der Waals surface area contributed by atoms with E-state index in [4.69, 9.17) is 4.74 Å². The molecular weight excluding hydrogens is 240 g/mol. The van der Waals surface area contributed by atoms with Crippen LogP contribution in [0.3, 0.4) is 0 Å². The second-order valence-corrected chi connectivity index (χ2v) is 4.45. The molecule has 1 rings (SSSR count). The van der Waals surface area contributed by atoms with Gasteiger partial charge in [-0.25, -0.2) is 0 Å². The topological polar surface area (TPSA) is 111 Å². The van der Waals surface area contributed by atoms with E-state index in [-0.39, 0.29) is 18.8 Å². The molecule has 18 heavy (non-hydrogen) atoms. The van der Waals surface area contributed by atoms with E-state index in [0.29, 0.717) is 6.61 Å². The number of nitrogens with one attached hydrogen (secondary N) is 2. The molecular formula is C11H20N2O5. The predicted octanol–water partition coefficient (Wildman–Crippen LogP) is -1.74. The summed E-state index contributed by atoms with van der Waals surface area (Å²) in [5, 5.41) is 32.8. The Kier molecular flexibility index (Phi) is 5.09. The van der Waals surface area contributed by atoms with Gasteiger partial charge in [0.2, 0.25) is 6.35 Å². The number of aliphatic hydroxyl groups is 3. The van der Waals surface area contributed by atoms with Gasteiger partial charge in [-0.2, -0.15) is 0 Å². The Morgan fingerprint density at radius 1 is 1.50 bits per heavy atom. The molecule has 1 amide bonds. The maximum absolute atomic E-state index is 11.8. The van der Waals surface area contributed by atoms with Gasteiger partial charge < -0.3 is 30.7 Å². The first kappa shape index (κ1) is 14.9. The minimum Gasteiger partial charge on any atom is -0.396 e. The van der Waals surface area contributed by atoms with Crippen molar-refractivity contribution in [3.8, 4) is 0 Å². The second-order valence-electron chi connectivity index (χ2n) is 4.45. The van der Waals surface area contributed by atoms with Gasteiger partial charge in [0.1, 0.15) is 0 Å². The van der Waals surface area contributed by atoms with Gasteiger partial charge in [-0.15, -0.1) is 0 Å². The van der Waals surface area contributed by atoms with Crippen LogP contribution in [0.25, 0.3) is 0 Å². The summed E-state index contributed by atoms with van der Waals surface area (Å²) in [4.78, 5) is 11.8. The number of ether oxygens (including phenoxy) is 1. The molecule has 2 atom stereocenters. The summed E-state index contributed by atoms with van der Waals surface area (Å²) in [6.07, 6.45) is -0.566. The number of carbonyl (C=O) groups is 1. The molecule has 0 aromatic rings. The normalized spacial score (nSPS) is 21.9. The molecule has 104 valence electrons. The van der Waals surface area contributed by atoms with Crippen molar-refractivity contribution in [3.05, 3.63) is 11.8 Å². The van der Waals surface area contributed by atoms with Crippen LogP contribution in [0.2, 0.25) is 0 Å². The number of aliphatic hydroxyl groups excluding tert-OH is 3. The van der Waals surface area contributed by atoms with Crippen molar-refractivity contribution in [1.82, 2.24) is 10.6 Å². The van der Waals surface area contributed by atoms with Gasteiger partial charge in [0.25, 0.3) is 5.91 Å². The molecule has 0 spiro atoms. The zero-order valence-corrected chi connectivity index (χ0v) is 10.5. The van der Waals surface area contributed by atoms with Gasteiger partial charge >= 0.3 is 0 Å². The van der Waals surface area contributed by atoms with Crippen LogP contribution in [0, 0.1) is 5.41 Å². The number of carbonyl (C=O) groups excluding carboxylic acids is 1. The van der Waals surface area contributed by atoms with Crippen molar-refractivity contribution in [1.29, 1.82) is 0 Å². The zero-order valence-electron chi connectivity index (χ0n) is 10.5. The number of rotatable bonds is 6. The molecule has 0 saturated heterocycles. The molecule has 2 unspecified atom stereocenters. The number of hydrogen-bond acceptors (Lipinski definition) is 6. The highest BCUT2D eigenvalue weighted by molar-refractivity contribution is 5.95. The average molecular weight is 260 g/mol. The summed E-state index contributed by atoms with van der Waals surface area (Å²) in [6.45, 7) is 3.04. The lowest BCUT2D eigenvalue weighted by atomic mass is 9.81. The Balaban J connectivity index is 3.01. The maximum Gasteiger partial charge on any atom is 0.254 e. The minimum atomic E-state index is -1.14. The summed E-state index contributed by atoms with van der Waals surface area (Å²) in [7, 11) is 0. The van der Waals surface area contributed by atoms with Gasteiger partial charge in [0.05, 0.1) is 24.9 Å². The van der Waals surface area contributed by atoms with Crippen LogP contribution >= 0.6 is 0 Å². The molecule has 5 N–H and O–H groups in total. The van der Waals surface area contributed by atoms with Gasteiger partial charge in [-0.3, -0.25) is 4.79 Å². The smallest absolute Gasteiger partial charge is 0.254 e. The molecule has 0 bridgehead atoms. The molecule has 0 radical (unpaired) electrons. The highest BCUT2D eigenvalue weighted by Crippen LogP contribution is 2.29. The lowest BCUT2D eigenvalue weighted by Crippen LogP contribution is -2.53. The largest absolute Gasteiger partial charge is 0.396 e. The third-order valence-corrected chi connectivity index (χ3v) is 2.90. The highest BCUT2D eigenvalue weighted by atomic mass is 16.5. The van der Waals surface area contributed by atoms with Crippen LogP contribution in [0.15, 0.2) is 11.8 Å². The first-order chi connectivity index (χ1) is 8.48. The third-order valence-electron chi connectivity index (χ3n) is 2.90. The van der Waals surface area contributed by atoms with Crippen molar-refractivity contribution in [3.63, 3.8) is 0 Å². The Labute approximate surface area is 105 Å². The fourth-order valence-electron chi connectivity index (χ4n) is 1.73. The fraction of sp³-hybridized carbons (Fsp3) is 0.727. The Morgan fingerprint density at radius 3 is 2.56 bits per heavy atom. The van der Waals surface area contributed by atoms with E-state index in [0.717, 1.165) is 0 Å². The van der Waals surface area contributed by atoms with E-state index in [1.165, 1.54) is 6.20 Å². The van der Waals surface area contributed by atoms with Crippen LogP contribution in [0.5, 0.6) is 0 Å². The molecule has 0 aromatic heterocycles. The minimum absolute atomic E-state index is 0.229. The van der Waals surface area contributed by atoms with Crippen molar-refractivity contribution in [2.75, 3.05) is 19.8 Å². The molecule has 7 nitrogen and oxygen atoms in total. The first-order valence-corrected chi connectivity index (χ1v) is 5.77. The van der Waals surface area contributed by atoms with Crippen molar-refractivity contribution in [2.45, 2.75) is 26.3 Å². The number of amides is 1. The van der Waals surface area contributed by atoms with E-state index in [9.17, 15) is 20.1 Å². The quantitative estimate of drug-likeness (QED) is 0.388. The predicted molar refractivity (Wildman–Crippen MR) is 63.1 cm³/mol. The summed E-state index contributed by atoms with van der Waals surface area (Å²) < 4.78 is 5.46. The first-order valence-electron chi connectivity index (χ1n) is 5.77. The van der Waals surface area contributed by atoms with Crippen LogP contribution in [-0.4, -0.2) is 53.5 Å². The maximum atomic E-state index is 11.8. The fourth-order valence-corrected chi connectivity index (χ4v) is 1.73. The highest BCUT2D eigenvalue weighted by Gasteiger charge is 2.40. The van der Waals surface area contributed by atoms with Crippen LogP contribution < -0.4 is 10.6 Å². The van der Waals surface area contributed by atoms with Crippen molar-refractivity contribution < 1.29 is 24.9 Å². The lowest BCUT2D eigenvalue weighted by molar-refractivity contribution is -0.126. The van der Waals surface area contributed by atoms with Crippen molar-refractivity contribution >= 4 is 5.91 Å². The number of hydrogen-bond donors (Lipinski definition) is 5. The Bertz CT molecular complexity index is 327. The standard InChI is InChI=1S/C11H20N2O5/c1-3-18-8(11(2,5-14)6-15)7-4-12-10(17)13-9(7)16/h4,8,10,12,14-15,17H,3,5-6H2,1-2H3,(H,13,16). The van der Waals surface area contributed by atoms with Gasteiger partial charge in [0.15, 0.2) is 0 Å². The van der Waals surface area contributed by atoms with E-state index in [1.54, 1.807) is 13.8 Å². The Hall–Kier alpha value is -1.15. The molecule has 0 aliphatic carbocycles. The van der Waals surface area contributed by atoms with Crippen LogP contribution in [-0.2, 0) is 9.53 Å². The monoisotopic (exact) mass is 260 g/mol. The Morgan fingerprint density at radius 2 is 2.11 bits per heavy atom. The van der Waals surface area contributed by atoms with Crippen LogP contribution in [0.4, 0.5) is 0 Å². The summed E-state index contributed by atoms with van der Waals surface area (Å²) in [5.41, 5.74) is -0.754. The zero-order chi connectivity index (χ0) is 13.8. The van der Waals surface area contributed by atoms with Crippen molar-refractivity contribution in [2.24, 2.45) is 5.41 Å². The molecule has 1 aliphatic heterocycles. The summed E-state index contributed by atoms with van der Waals surface area (Å²) in [5.74, 6) is -0.493. The van der Waals surface area contributed by atoms with E-state index < -0.39 is 23.8 Å². The summed E-state index contributed by atoms with van der Waals surface area (Å²) >= 11 is 0. The average Bonchev–Trinajstić information content (AvgIpc) is 2.36. The molecule has 0 saturated carbocycles.